The molecule has 1 aromatic heterocycles. The van der Waals surface area contributed by atoms with Crippen LogP contribution in [-0.4, -0.2) is 18.6 Å². The summed E-state index contributed by atoms with van der Waals surface area (Å²) in [6.07, 6.45) is 5.28. The van der Waals surface area contributed by atoms with Crippen LogP contribution in [0.15, 0.2) is 30.5 Å². The molecule has 0 saturated heterocycles. The van der Waals surface area contributed by atoms with Crippen LogP contribution >= 0.6 is 0 Å². The Hall–Kier alpha value is -1.61. The number of methoxy groups -OCH3 is 1. The molecule has 150 valence electrons. The van der Waals surface area contributed by atoms with E-state index in [0.29, 0.717) is 12.0 Å². The van der Waals surface area contributed by atoms with Crippen molar-refractivity contribution in [3.8, 4) is 5.75 Å². The van der Waals surface area contributed by atoms with E-state index in [1.807, 2.05) is 58.2 Å². The van der Waals surface area contributed by atoms with E-state index in [2.05, 4.69) is 32.7 Å². The number of hydrogen-bond donors (Lipinski definition) is 1. The summed E-state index contributed by atoms with van der Waals surface area (Å²) in [5.74, 6) is 0.855. The Balaban J connectivity index is 0. The molecule has 0 aliphatic carbocycles. The van der Waals surface area contributed by atoms with E-state index in [0.717, 1.165) is 23.1 Å². The number of fused-ring (bicyclic) bond motifs is 1. The van der Waals surface area contributed by atoms with Gasteiger partial charge in [0.2, 0.25) is 0 Å². The van der Waals surface area contributed by atoms with Gasteiger partial charge in [-0.1, -0.05) is 68.2 Å². The van der Waals surface area contributed by atoms with Crippen molar-refractivity contribution >= 4 is 10.9 Å². The second-order valence-corrected chi connectivity index (χ2v) is 6.26. The third kappa shape index (κ3) is 9.76. The van der Waals surface area contributed by atoms with Crippen molar-refractivity contribution < 1.29 is 4.74 Å². The zero-order chi connectivity index (χ0) is 20.6. The van der Waals surface area contributed by atoms with E-state index in [4.69, 9.17) is 10.5 Å². The molecule has 0 fully saturated rings. The molecule has 2 rings (SSSR count). The van der Waals surface area contributed by atoms with Gasteiger partial charge in [0.1, 0.15) is 5.75 Å². The van der Waals surface area contributed by atoms with Gasteiger partial charge in [-0.2, -0.15) is 0 Å². The topological polar surface area (TPSA) is 48.1 Å². The van der Waals surface area contributed by atoms with Crippen LogP contribution in [0.5, 0.6) is 5.75 Å². The lowest BCUT2D eigenvalue weighted by Crippen LogP contribution is -2.05. The number of hydrogen-bond acceptors (Lipinski definition) is 3. The molecular formula is C23H42N2O. The average Bonchev–Trinajstić information content (AvgIpc) is 2.71. The van der Waals surface area contributed by atoms with Gasteiger partial charge >= 0.3 is 0 Å². The molecular weight excluding hydrogens is 320 g/mol. The Morgan fingerprint density at radius 1 is 1.00 bits per heavy atom. The van der Waals surface area contributed by atoms with Gasteiger partial charge in [-0.15, -0.1) is 0 Å². The number of benzene rings is 1. The minimum atomic E-state index is 0.583. The quantitative estimate of drug-likeness (QED) is 0.649. The Kier molecular flexibility index (Phi) is 16.0. The van der Waals surface area contributed by atoms with Crippen LogP contribution in [-0.2, 0) is 6.42 Å². The van der Waals surface area contributed by atoms with Gasteiger partial charge in [-0.05, 0) is 48.2 Å². The normalized spacial score (nSPS) is 9.77. The fraction of sp³-hybridized carbons (Fsp3) is 0.609. The Morgan fingerprint density at radius 2 is 1.58 bits per heavy atom. The number of rotatable bonds is 5. The molecule has 0 aliphatic rings. The maximum absolute atomic E-state index is 5.57. The molecule has 3 nitrogen and oxygen atoms in total. The summed E-state index contributed by atoms with van der Waals surface area (Å²) < 4.78 is 5.20. The lowest BCUT2D eigenvalue weighted by atomic mass is 9.88. The molecule has 1 heterocycles. The molecule has 2 aromatic rings. The summed E-state index contributed by atoms with van der Waals surface area (Å²) in [7, 11) is 1.67. The van der Waals surface area contributed by atoms with Crippen molar-refractivity contribution in [2.24, 2.45) is 11.1 Å². The zero-order valence-electron chi connectivity index (χ0n) is 18.6. The number of nitrogens with two attached hydrogens (primary N) is 1. The molecule has 26 heavy (non-hydrogen) atoms. The summed E-state index contributed by atoms with van der Waals surface area (Å²) >= 11 is 0. The number of nitrogens with zero attached hydrogens (tertiary/aromatic N) is 1. The molecule has 0 radical (unpaired) electrons. The highest BCUT2D eigenvalue weighted by Gasteiger charge is 2.09. The van der Waals surface area contributed by atoms with Crippen LogP contribution in [0.4, 0.5) is 0 Å². The van der Waals surface area contributed by atoms with Crippen LogP contribution in [0.1, 0.15) is 73.8 Å². The van der Waals surface area contributed by atoms with Crippen molar-refractivity contribution in [2.45, 2.75) is 74.7 Å². The Bertz CT molecular complexity index is 573. The van der Waals surface area contributed by atoms with Gasteiger partial charge in [-0.3, -0.25) is 4.98 Å². The van der Waals surface area contributed by atoms with Crippen LogP contribution < -0.4 is 10.5 Å². The van der Waals surface area contributed by atoms with Crippen LogP contribution in [0.3, 0.4) is 0 Å². The molecule has 0 bridgehead atoms. The van der Waals surface area contributed by atoms with Crippen LogP contribution in [0, 0.1) is 5.41 Å². The second kappa shape index (κ2) is 15.6. The monoisotopic (exact) mass is 362 g/mol. The summed E-state index contributed by atoms with van der Waals surface area (Å²) in [5, 5.41) is 1.13. The SMILES string of the molecule is CC.CC.CCC(C)(C)CC.COc1ccc2nccc(CCN)c2c1. The third-order valence-electron chi connectivity index (χ3n) is 4.37. The van der Waals surface area contributed by atoms with Crippen LogP contribution in [0.25, 0.3) is 10.9 Å². The van der Waals surface area contributed by atoms with Crippen molar-refractivity contribution in [2.75, 3.05) is 13.7 Å². The molecule has 2 N–H and O–H groups in total. The minimum absolute atomic E-state index is 0.583. The summed E-state index contributed by atoms with van der Waals surface area (Å²) in [6.45, 7) is 17.7. The first-order valence-corrected chi connectivity index (χ1v) is 10.1. The summed E-state index contributed by atoms with van der Waals surface area (Å²) in [4.78, 5) is 4.30. The maximum atomic E-state index is 5.57. The van der Waals surface area contributed by atoms with Gasteiger partial charge < -0.3 is 10.5 Å². The van der Waals surface area contributed by atoms with E-state index >= 15 is 0 Å². The molecule has 0 aliphatic heterocycles. The second-order valence-electron chi connectivity index (χ2n) is 6.26. The Labute approximate surface area is 162 Å². The first-order valence-electron chi connectivity index (χ1n) is 10.1. The summed E-state index contributed by atoms with van der Waals surface area (Å²) in [5.41, 5.74) is 8.37. The van der Waals surface area contributed by atoms with Crippen LogP contribution in [0.2, 0.25) is 0 Å². The third-order valence-corrected chi connectivity index (χ3v) is 4.37. The van der Waals surface area contributed by atoms with E-state index in [1.165, 1.54) is 18.4 Å². The molecule has 3 heteroatoms. The largest absolute Gasteiger partial charge is 0.497 e. The highest BCUT2D eigenvalue weighted by atomic mass is 16.5. The van der Waals surface area contributed by atoms with Crippen molar-refractivity contribution in [1.82, 2.24) is 4.98 Å². The first kappa shape index (κ1) is 26.6. The van der Waals surface area contributed by atoms with Gasteiger partial charge in [0, 0.05) is 11.6 Å². The Morgan fingerprint density at radius 3 is 2.00 bits per heavy atom. The lowest BCUT2D eigenvalue weighted by Gasteiger charge is -2.18. The van der Waals surface area contributed by atoms with E-state index in [1.54, 1.807) is 7.11 Å². The zero-order valence-corrected chi connectivity index (χ0v) is 18.6. The van der Waals surface area contributed by atoms with Gasteiger partial charge in [-0.25, -0.2) is 0 Å². The van der Waals surface area contributed by atoms with Gasteiger partial charge in [0.25, 0.3) is 0 Å². The lowest BCUT2D eigenvalue weighted by molar-refractivity contribution is 0.338. The smallest absolute Gasteiger partial charge is 0.119 e. The highest BCUT2D eigenvalue weighted by molar-refractivity contribution is 5.83. The fourth-order valence-corrected chi connectivity index (χ4v) is 1.93. The molecule has 0 unspecified atom stereocenters. The number of pyridine rings is 1. The molecule has 1 aromatic carbocycles. The number of aromatic nitrogens is 1. The van der Waals surface area contributed by atoms with Crippen molar-refractivity contribution in [3.05, 3.63) is 36.0 Å². The fourth-order valence-electron chi connectivity index (χ4n) is 1.93. The molecule has 0 saturated carbocycles. The van der Waals surface area contributed by atoms with E-state index in [-0.39, 0.29) is 0 Å². The standard InChI is InChI=1S/C12H14N2O.C7H16.2C2H6/c1-15-10-2-3-12-11(8-10)9(4-6-13)5-7-14-12;1-5-7(3,4)6-2;2*1-2/h2-3,5,7-8H,4,6,13H2,1H3;5-6H2,1-4H3;2*1-2H3. The van der Waals surface area contributed by atoms with Crippen molar-refractivity contribution in [1.29, 1.82) is 0 Å². The van der Waals surface area contributed by atoms with E-state index in [9.17, 15) is 0 Å². The molecule has 0 atom stereocenters. The molecule has 0 spiro atoms. The maximum Gasteiger partial charge on any atom is 0.119 e. The minimum Gasteiger partial charge on any atom is -0.497 e. The average molecular weight is 363 g/mol. The van der Waals surface area contributed by atoms with Gasteiger partial charge in [0.15, 0.2) is 0 Å². The summed E-state index contributed by atoms with van der Waals surface area (Å²) in [6, 6.07) is 7.90. The highest BCUT2D eigenvalue weighted by Crippen LogP contribution is 2.23. The van der Waals surface area contributed by atoms with E-state index < -0.39 is 0 Å². The number of ether oxygens (including phenoxy) is 1. The predicted molar refractivity (Wildman–Crippen MR) is 118 cm³/mol. The van der Waals surface area contributed by atoms with Gasteiger partial charge in [0.05, 0.1) is 12.6 Å². The van der Waals surface area contributed by atoms with Crippen molar-refractivity contribution in [3.63, 3.8) is 0 Å². The first-order chi connectivity index (χ1) is 12.5. The molecule has 0 amide bonds. The predicted octanol–water partition coefficient (Wildman–Crippen LogP) is 6.63.